The second-order valence-corrected chi connectivity index (χ2v) is 3.76. The number of hydrogen-bond acceptors (Lipinski definition) is 3. The molecule has 1 rings (SSSR count). The van der Waals surface area contributed by atoms with Gasteiger partial charge in [-0.2, -0.15) is 0 Å². The van der Waals surface area contributed by atoms with Crippen LogP contribution in [0.5, 0.6) is 0 Å². The summed E-state index contributed by atoms with van der Waals surface area (Å²) in [5, 5.41) is 12.7. The molecule has 1 amide bonds. The number of benzene rings is 1. The fourth-order valence-electron chi connectivity index (χ4n) is 1.19. The first-order valence-corrected chi connectivity index (χ1v) is 5.28. The highest BCUT2D eigenvalue weighted by Gasteiger charge is 2.08. The third kappa shape index (κ3) is 4.40. The van der Waals surface area contributed by atoms with E-state index in [4.69, 9.17) is 11.6 Å². The monoisotopic (exact) mass is 258 g/mol. The van der Waals surface area contributed by atoms with Gasteiger partial charge in [-0.15, -0.1) is 0 Å². The Balaban J connectivity index is 2.50. The summed E-state index contributed by atoms with van der Waals surface area (Å²) < 4.78 is 13.3. The molecule has 0 spiro atoms. The standard InChI is InChI=1S/C11H11ClFNO3/c12-8-2-1-3-9(13)7(8)6-14-10(15)4-5-11(16)17/h1-3H,4-6H2,(H,14,15)(H,16,17)/p-1. The maximum absolute atomic E-state index is 13.3. The largest absolute Gasteiger partial charge is 0.550 e. The van der Waals surface area contributed by atoms with E-state index < -0.39 is 17.7 Å². The number of carbonyl (C=O) groups is 2. The van der Waals surface area contributed by atoms with Gasteiger partial charge in [0, 0.05) is 29.5 Å². The van der Waals surface area contributed by atoms with Gasteiger partial charge in [0.15, 0.2) is 0 Å². The number of carbonyl (C=O) groups excluding carboxylic acids is 2. The van der Waals surface area contributed by atoms with Crippen LogP contribution in [-0.4, -0.2) is 11.9 Å². The number of hydrogen-bond donors (Lipinski definition) is 1. The molecular weight excluding hydrogens is 249 g/mol. The summed E-state index contributed by atoms with van der Waals surface area (Å²) in [6, 6.07) is 4.20. The zero-order valence-corrected chi connectivity index (χ0v) is 9.59. The fraction of sp³-hybridized carbons (Fsp3) is 0.273. The molecule has 0 fully saturated rings. The fourth-order valence-corrected chi connectivity index (χ4v) is 1.42. The van der Waals surface area contributed by atoms with E-state index in [9.17, 15) is 19.1 Å². The number of nitrogens with one attached hydrogen (secondary N) is 1. The van der Waals surface area contributed by atoms with E-state index in [0.717, 1.165) is 0 Å². The van der Waals surface area contributed by atoms with E-state index >= 15 is 0 Å². The SMILES string of the molecule is O=C([O-])CCC(=O)NCc1c(F)cccc1Cl. The molecule has 4 nitrogen and oxygen atoms in total. The molecule has 0 saturated carbocycles. The minimum atomic E-state index is -1.30. The second kappa shape index (κ2) is 6.20. The Labute approximate surface area is 102 Å². The molecule has 0 aliphatic carbocycles. The number of rotatable bonds is 5. The summed E-state index contributed by atoms with van der Waals surface area (Å²) in [7, 11) is 0. The molecule has 0 aliphatic heterocycles. The Kier molecular flexibility index (Phi) is 4.90. The van der Waals surface area contributed by atoms with Gasteiger partial charge >= 0.3 is 0 Å². The van der Waals surface area contributed by atoms with E-state index in [-0.39, 0.29) is 30.0 Å². The molecule has 0 aliphatic rings. The molecular formula is C11H10ClFNO3-. The first kappa shape index (κ1) is 13.4. The number of halogens is 2. The van der Waals surface area contributed by atoms with E-state index in [1.807, 2.05) is 0 Å². The Morgan fingerprint density at radius 2 is 2.06 bits per heavy atom. The molecule has 92 valence electrons. The second-order valence-electron chi connectivity index (χ2n) is 3.35. The number of carboxylic acid groups (broad SMARTS) is 1. The van der Waals surface area contributed by atoms with Crippen molar-refractivity contribution in [1.29, 1.82) is 0 Å². The summed E-state index contributed by atoms with van der Waals surface area (Å²) in [5.41, 5.74) is 0.177. The average molecular weight is 259 g/mol. The quantitative estimate of drug-likeness (QED) is 0.842. The highest BCUT2D eigenvalue weighted by atomic mass is 35.5. The van der Waals surface area contributed by atoms with E-state index in [1.165, 1.54) is 18.2 Å². The Morgan fingerprint density at radius 1 is 1.35 bits per heavy atom. The van der Waals surface area contributed by atoms with Crippen molar-refractivity contribution in [3.63, 3.8) is 0 Å². The molecule has 0 unspecified atom stereocenters. The summed E-state index contributed by atoms with van der Waals surface area (Å²) in [6.07, 6.45) is -0.564. The average Bonchev–Trinajstić information content (AvgIpc) is 2.25. The van der Waals surface area contributed by atoms with Gasteiger partial charge in [-0.25, -0.2) is 4.39 Å². The minimum Gasteiger partial charge on any atom is -0.550 e. The predicted octanol–water partition coefficient (Wildman–Crippen LogP) is 0.625. The third-order valence-electron chi connectivity index (χ3n) is 2.08. The van der Waals surface area contributed by atoms with Crippen LogP contribution >= 0.6 is 11.6 Å². The topological polar surface area (TPSA) is 69.2 Å². The van der Waals surface area contributed by atoms with Gasteiger partial charge in [0.1, 0.15) is 5.82 Å². The van der Waals surface area contributed by atoms with Crippen molar-refractivity contribution in [2.45, 2.75) is 19.4 Å². The molecule has 1 aromatic carbocycles. The van der Waals surface area contributed by atoms with Crippen LogP contribution in [0.1, 0.15) is 18.4 Å². The van der Waals surface area contributed by atoms with Gasteiger partial charge in [0.2, 0.25) is 5.91 Å². The van der Waals surface area contributed by atoms with Crippen molar-refractivity contribution < 1.29 is 19.1 Å². The van der Waals surface area contributed by atoms with Gasteiger partial charge in [0.25, 0.3) is 0 Å². The normalized spacial score (nSPS) is 10.0. The van der Waals surface area contributed by atoms with Crippen molar-refractivity contribution in [3.05, 3.63) is 34.6 Å². The maximum Gasteiger partial charge on any atom is 0.220 e. The van der Waals surface area contributed by atoms with Crippen LogP contribution in [0.4, 0.5) is 4.39 Å². The zero-order valence-electron chi connectivity index (χ0n) is 8.83. The van der Waals surface area contributed by atoms with Gasteiger partial charge in [0.05, 0.1) is 0 Å². The third-order valence-corrected chi connectivity index (χ3v) is 2.43. The van der Waals surface area contributed by atoms with Gasteiger partial charge in [-0.05, 0) is 18.6 Å². The molecule has 1 aromatic rings. The van der Waals surface area contributed by atoms with Crippen molar-refractivity contribution in [3.8, 4) is 0 Å². The Morgan fingerprint density at radius 3 is 2.65 bits per heavy atom. The van der Waals surface area contributed by atoms with Crippen LogP contribution in [0.15, 0.2) is 18.2 Å². The predicted molar refractivity (Wildman–Crippen MR) is 57.5 cm³/mol. The number of aliphatic carboxylic acids is 1. The van der Waals surface area contributed by atoms with Crippen LogP contribution in [0.3, 0.4) is 0 Å². The van der Waals surface area contributed by atoms with Gasteiger partial charge in [-0.1, -0.05) is 17.7 Å². The first-order valence-electron chi connectivity index (χ1n) is 4.90. The summed E-state index contributed by atoms with van der Waals surface area (Å²) in [4.78, 5) is 21.3. The minimum absolute atomic E-state index is 0.0720. The summed E-state index contributed by atoms with van der Waals surface area (Å²) in [5.74, 6) is -2.31. The van der Waals surface area contributed by atoms with Crippen molar-refractivity contribution in [2.75, 3.05) is 0 Å². The van der Waals surface area contributed by atoms with E-state index in [0.29, 0.717) is 0 Å². The molecule has 17 heavy (non-hydrogen) atoms. The van der Waals surface area contributed by atoms with Crippen molar-refractivity contribution >= 4 is 23.5 Å². The van der Waals surface area contributed by atoms with Gasteiger partial charge in [-0.3, -0.25) is 4.79 Å². The molecule has 1 N–H and O–H groups in total. The van der Waals surface area contributed by atoms with Crippen molar-refractivity contribution in [1.82, 2.24) is 5.32 Å². The lowest BCUT2D eigenvalue weighted by molar-refractivity contribution is -0.305. The van der Waals surface area contributed by atoms with Crippen LogP contribution in [0.25, 0.3) is 0 Å². The molecule has 0 saturated heterocycles. The first-order chi connectivity index (χ1) is 8.00. The Hall–Kier alpha value is -1.62. The lowest BCUT2D eigenvalue weighted by Crippen LogP contribution is -2.27. The number of amides is 1. The highest BCUT2D eigenvalue weighted by molar-refractivity contribution is 6.31. The van der Waals surface area contributed by atoms with Crippen LogP contribution in [-0.2, 0) is 16.1 Å². The van der Waals surface area contributed by atoms with E-state index in [2.05, 4.69) is 5.32 Å². The van der Waals surface area contributed by atoms with Crippen LogP contribution < -0.4 is 10.4 Å². The van der Waals surface area contributed by atoms with E-state index in [1.54, 1.807) is 0 Å². The summed E-state index contributed by atoms with van der Waals surface area (Å²) in [6.45, 7) is -0.0720. The lowest BCUT2D eigenvalue weighted by atomic mass is 10.2. The van der Waals surface area contributed by atoms with Crippen LogP contribution in [0.2, 0.25) is 5.02 Å². The lowest BCUT2D eigenvalue weighted by Gasteiger charge is -2.08. The molecule has 6 heteroatoms. The Bertz CT molecular complexity index is 416. The molecule has 0 aromatic heterocycles. The molecule has 0 radical (unpaired) electrons. The molecule has 0 atom stereocenters. The highest BCUT2D eigenvalue weighted by Crippen LogP contribution is 2.18. The van der Waals surface area contributed by atoms with Gasteiger partial charge < -0.3 is 15.2 Å². The molecule has 0 heterocycles. The number of carboxylic acids is 1. The van der Waals surface area contributed by atoms with Crippen molar-refractivity contribution in [2.24, 2.45) is 0 Å². The molecule has 0 bridgehead atoms. The maximum atomic E-state index is 13.3. The zero-order chi connectivity index (χ0) is 12.8. The summed E-state index contributed by atoms with van der Waals surface area (Å²) >= 11 is 5.75. The smallest absolute Gasteiger partial charge is 0.220 e. The van der Waals surface area contributed by atoms with Crippen LogP contribution in [0, 0.1) is 5.82 Å².